The van der Waals surface area contributed by atoms with Gasteiger partial charge in [0.25, 0.3) is 0 Å². The lowest BCUT2D eigenvalue weighted by Crippen LogP contribution is -2.14. The van der Waals surface area contributed by atoms with Crippen LogP contribution < -0.4 is 5.32 Å². The summed E-state index contributed by atoms with van der Waals surface area (Å²) >= 11 is 0. The Kier molecular flexibility index (Phi) is 5.34. The van der Waals surface area contributed by atoms with Crippen LogP contribution in [0, 0.1) is 0 Å². The molecule has 0 fully saturated rings. The van der Waals surface area contributed by atoms with Crippen molar-refractivity contribution >= 4 is 28.5 Å². The quantitative estimate of drug-likeness (QED) is 0.499. The van der Waals surface area contributed by atoms with Gasteiger partial charge in [0.15, 0.2) is 5.69 Å². The van der Waals surface area contributed by atoms with E-state index in [9.17, 15) is 9.59 Å². The van der Waals surface area contributed by atoms with E-state index in [4.69, 9.17) is 4.74 Å². The maximum absolute atomic E-state index is 12.6. The number of anilines is 1. The average molecular weight is 402 g/mol. The number of hydrogen-bond acceptors (Lipinski definition) is 4. The smallest absolute Gasteiger partial charge is 0.358 e. The first-order valence-electron chi connectivity index (χ1n) is 9.71. The number of carbonyl (C=O) groups excluding carboxylic acids is 2. The monoisotopic (exact) mass is 402 g/mol. The van der Waals surface area contributed by atoms with Gasteiger partial charge in [0.2, 0.25) is 5.91 Å². The summed E-state index contributed by atoms with van der Waals surface area (Å²) in [6, 6.07) is 16.9. The SMILES string of the molecule is CCOC(=O)c1ccn(-c2cccc(NC(=O)Cc3cn(C)c4ccccc34)c2)n1. The summed E-state index contributed by atoms with van der Waals surface area (Å²) in [5.74, 6) is -0.563. The van der Waals surface area contributed by atoms with Crippen molar-refractivity contribution in [2.24, 2.45) is 7.05 Å². The summed E-state index contributed by atoms with van der Waals surface area (Å²) in [6.07, 6.45) is 3.95. The lowest BCUT2D eigenvalue weighted by molar-refractivity contribution is -0.115. The van der Waals surface area contributed by atoms with Crippen molar-refractivity contribution in [2.75, 3.05) is 11.9 Å². The number of ether oxygens (including phenoxy) is 1. The largest absolute Gasteiger partial charge is 0.461 e. The van der Waals surface area contributed by atoms with Crippen LogP contribution in [0.2, 0.25) is 0 Å². The summed E-state index contributed by atoms with van der Waals surface area (Å²) < 4.78 is 8.57. The molecule has 0 saturated carbocycles. The van der Waals surface area contributed by atoms with Crippen molar-refractivity contribution in [3.8, 4) is 5.69 Å². The lowest BCUT2D eigenvalue weighted by Gasteiger charge is -2.08. The summed E-state index contributed by atoms with van der Waals surface area (Å²) in [5, 5.41) is 8.27. The second kappa shape index (κ2) is 8.24. The van der Waals surface area contributed by atoms with Crippen LogP contribution in [0.5, 0.6) is 0 Å². The number of hydrogen-bond donors (Lipinski definition) is 1. The van der Waals surface area contributed by atoms with Crippen molar-refractivity contribution in [2.45, 2.75) is 13.3 Å². The highest BCUT2D eigenvalue weighted by atomic mass is 16.5. The molecule has 2 aromatic heterocycles. The van der Waals surface area contributed by atoms with E-state index in [0.717, 1.165) is 22.2 Å². The van der Waals surface area contributed by atoms with Gasteiger partial charge in [0.1, 0.15) is 0 Å². The van der Waals surface area contributed by atoms with E-state index in [2.05, 4.69) is 10.4 Å². The van der Waals surface area contributed by atoms with Crippen LogP contribution in [-0.4, -0.2) is 32.8 Å². The number of amides is 1. The van der Waals surface area contributed by atoms with Gasteiger partial charge >= 0.3 is 5.97 Å². The maximum Gasteiger partial charge on any atom is 0.358 e. The van der Waals surface area contributed by atoms with Crippen molar-refractivity contribution in [3.63, 3.8) is 0 Å². The molecule has 152 valence electrons. The molecule has 1 N–H and O–H groups in total. The van der Waals surface area contributed by atoms with E-state index in [-0.39, 0.29) is 18.0 Å². The molecule has 0 unspecified atom stereocenters. The van der Waals surface area contributed by atoms with E-state index in [1.165, 1.54) is 0 Å². The molecule has 2 heterocycles. The minimum atomic E-state index is -0.462. The molecule has 4 rings (SSSR count). The van der Waals surface area contributed by atoms with E-state index < -0.39 is 5.97 Å². The molecule has 0 saturated heterocycles. The Balaban J connectivity index is 1.49. The Labute approximate surface area is 173 Å². The van der Waals surface area contributed by atoms with Gasteiger partial charge in [0, 0.05) is 36.0 Å². The molecule has 0 aliphatic rings. The number of nitrogens with zero attached hydrogens (tertiary/aromatic N) is 3. The van der Waals surface area contributed by atoms with Crippen LogP contribution in [0.25, 0.3) is 16.6 Å². The van der Waals surface area contributed by atoms with Gasteiger partial charge in [-0.1, -0.05) is 24.3 Å². The van der Waals surface area contributed by atoms with Crippen LogP contribution >= 0.6 is 0 Å². The number of aryl methyl sites for hydroxylation is 1. The standard InChI is InChI=1S/C23H22N4O3/c1-3-30-23(29)20-11-12-27(25-20)18-8-6-7-17(14-18)24-22(28)13-16-15-26(2)21-10-5-4-9-19(16)21/h4-12,14-15H,3,13H2,1-2H3,(H,24,28). The van der Waals surface area contributed by atoms with Crippen LogP contribution in [0.4, 0.5) is 5.69 Å². The zero-order valence-electron chi connectivity index (χ0n) is 16.8. The van der Waals surface area contributed by atoms with Gasteiger partial charge in [-0.2, -0.15) is 5.10 Å². The number of benzene rings is 2. The van der Waals surface area contributed by atoms with Crippen LogP contribution in [0.15, 0.2) is 67.0 Å². The molecule has 0 bridgehead atoms. The van der Waals surface area contributed by atoms with Crippen LogP contribution in [0.3, 0.4) is 0 Å². The van der Waals surface area contributed by atoms with Gasteiger partial charge in [-0.25, -0.2) is 9.48 Å². The van der Waals surface area contributed by atoms with Gasteiger partial charge < -0.3 is 14.6 Å². The predicted molar refractivity (Wildman–Crippen MR) is 115 cm³/mol. The molecule has 2 aromatic carbocycles. The first-order chi connectivity index (χ1) is 14.5. The first kappa shape index (κ1) is 19.4. The zero-order chi connectivity index (χ0) is 21.1. The molecule has 0 spiro atoms. The number of aromatic nitrogens is 3. The molecular formula is C23H22N4O3. The summed E-state index contributed by atoms with van der Waals surface area (Å²) in [5.41, 5.74) is 3.70. The number of carbonyl (C=O) groups is 2. The summed E-state index contributed by atoms with van der Waals surface area (Å²) in [6.45, 7) is 2.04. The number of fused-ring (bicyclic) bond motifs is 1. The average Bonchev–Trinajstić information content (AvgIpc) is 3.35. The maximum atomic E-state index is 12.6. The van der Waals surface area contributed by atoms with Gasteiger partial charge in [-0.3, -0.25) is 4.79 Å². The highest BCUT2D eigenvalue weighted by Gasteiger charge is 2.13. The number of esters is 1. The van der Waals surface area contributed by atoms with Crippen molar-refractivity contribution < 1.29 is 14.3 Å². The summed E-state index contributed by atoms with van der Waals surface area (Å²) in [4.78, 5) is 24.5. The Morgan fingerprint density at radius 1 is 1.10 bits per heavy atom. The lowest BCUT2D eigenvalue weighted by atomic mass is 10.1. The third-order valence-electron chi connectivity index (χ3n) is 4.80. The Morgan fingerprint density at radius 2 is 1.93 bits per heavy atom. The number of para-hydroxylation sites is 1. The molecule has 0 aliphatic carbocycles. The number of rotatable bonds is 6. The highest BCUT2D eigenvalue weighted by molar-refractivity contribution is 5.96. The molecule has 0 radical (unpaired) electrons. The molecule has 0 atom stereocenters. The van der Waals surface area contributed by atoms with Gasteiger partial charge in [-0.05, 0) is 42.8 Å². The second-order valence-electron chi connectivity index (χ2n) is 6.92. The third-order valence-corrected chi connectivity index (χ3v) is 4.80. The Hall–Kier alpha value is -3.87. The van der Waals surface area contributed by atoms with E-state index in [1.54, 1.807) is 23.9 Å². The number of nitrogens with one attached hydrogen (secondary N) is 1. The fourth-order valence-electron chi connectivity index (χ4n) is 3.45. The molecular weight excluding hydrogens is 380 g/mol. The molecule has 7 heteroatoms. The molecule has 7 nitrogen and oxygen atoms in total. The Bertz CT molecular complexity index is 1220. The second-order valence-corrected chi connectivity index (χ2v) is 6.92. The predicted octanol–water partition coefficient (Wildman–Crippen LogP) is 3.72. The van der Waals surface area contributed by atoms with Crippen molar-refractivity contribution in [1.82, 2.24) is 14.3 Å². The van der Waals surface area contributed by atoms with Crippen molar-refractivity contribution in [3.05, 3.63) is 78.2 Å². The van der Waals surface area contributed by atoms with Gasteiger partial charge in [0.05, 0.1) is 18.7 Å². The van der Waals surface area contributed by atoms with Crippen LogP contribution in [0.1, 0.15) is 23.0 Å². The molecule has 1 amide bonds. The normalized spacial score (nSPS) is 10.9. The molecule has 4 aromatic rings. The topological polar surface area (TPSA) is 78.1 Å². The molecule has 0 aliphatic heterocycles. The minimum Gasteiger partial charge on any atom is -0.461 e. The summed E-state index contributed by atoms with van der Waals surface area (Å²) in [7, 11) is 1.97. The zero-order valence-corrected chi connectivity index (χ0v) is 16.8. The van der Waals surface area contributed by atoms with E-state index in [0.29, 0.717) is 12.3 Å². The Morgan fingerprint density at radius 3 is 2.77 bits per heavy atom. The third kappa shape index (κ3) is 3.96. The van der Waals surface area contributed by atoms with Gasteiger partial charge in [-0.15, -0.1) is 0 Å². The fraction of sp³-hybridized carbons (Fsp3) is 0.174. The van der Waals surface area contributed by atoms with E-state index in [1.807, 2.05) is 66.3 Å². The first-order valence-corrected chi connectivity index (χ1v) is 9.71. The minimum absolute atomic E-state index is 0.101. The van der Waals surface area contributed by atoms with E-state index >= 15 is 0 Å². The van der Waals surface area contributed by atoms with Crippen molar-refractivity contribution in [1.29, 1.82) is 0 Å². The fourth-order valence-corrected chi connectivity index (χ4v) is 3.45. The van der Waals surface area contributed by atoms with Crippen LogP contribution in [-0.2, 0) is 23.0 Å². The highest BCUT2D eigenvalue weighted by Crippen LogP contribution is 2.21. The molecule has 30 heavy (non-hydrogen) atoms.